The Hall–Kier alpha value is -1.82. The minimum absolute atomic E-state index is 0.329. The van der Waals surface area contributed by atoms with E-state index in [2.05, 4.69) is 29.4 Å². The minimum atomic E-state index is 0.329. The molecule has 0 amide bonds. The SMILES string of the molecule is CNCc1cc(COc2cnn(C(C)C)c2)on1. The summed E-state index contributed by atoms with van der Waals surface area (Å²) in [5.41, 5.74) is 0.869. The van der Waals surface area contributed by atoms with Crippen molar-refractivity contribution in [3.05, 3.63) is 29.9 Å². The molecule has 18 heavy (non-hydrogen) atoms. The van der Waals surface area contributed by atoms with Gasteiger partial charge in [-0.05, 0) is 20.9 Å². The van der Waals surface area contributed by atoms with Crippen LogP contribution < -0.4 is 10.1 Å². The molecule has 0 radical (unpaired) electrons. The van der Waals surface area contributed by atoms with Gasteiger partial charge >= 0.3 is 0 Å². The normalized spacial score (nSPS) is 11.1. The van der Waals surface area contributed by atoms with Crippen LogP contribution in [0, 0.1) is 0 Å². The average molecular weight is 250 g/mol. The van der Waals surface area contributed by atoms with Crippen LogP contribution in [-0.4, -0.2) is 22.0 Å². The van der Waals surface area contributed by atoms with E-state index in [4.69, 9.17) is 9.26 Å². The second-order valence-electron chi connectivity index (χ2n) is 4.35. The topological polar surface area (TPSA) is 65.1 Å². The van der Waals surface area contributed by atoms with Crippen molar-refractivity contribution in [1.29, 1.82) is 0 Å². The highest BCUT2D eigenvalue weighted by atomic mass is 16.5. The van der Waals surface area contributed by atoms with Crippen LogP contribution in [0.5, 0.6) is 5.75 Å². The maximum Gasteiger partial charge on any atom is 0.174 e. The van der Waals surface area contributed by atoms with Crippen molar-refractivity contribution in [3.8, 4) is 5.75 Å². The Kier molecular flexibility index (Phi) is 3.99. The Morgan fingerprint density at radius 1 is 1.50 bits per heavy atom. The van der Waals surface area contributed by atoms with Crippen molar-refractivity contribution in [1.82, 2.24) is 20.3 Å². The molecule has 1 N–H and O–H groups in total. The zero-order chi connectivity index (χ0) is 13.0. The van der Waals surface area contributed by atoms with Gasteiger partial charge in [0.2, 0.25) is 0 Å². The van der Waals surface area contributed by atoms with E-state index < -0.39 is 0 Å². The van der Waals surface area contributed by atoms with Gasteiger partial charge in [-0.3, -0.25) is 4.68 Å². The van der Waals surface area contributed by atoms with Crippen LogP contribution in [0.1, 0.15) is 31.3 Å². The van der Waals surface area contributed by atoms with Crippen LogP contribution in [-0.2, 0) is 13.2 Å². The van der Waals surface area contributed by atoms with Crippen molar-refractivity contribution in [3.63, 3.8) is 0 Å². The standard InChI is InChI=1S/C12H18N4O2/c1-9(2)16-7-12(6-14-16)17-8-11-4-10(5-13-3)15-18-11/h4,6-7,9,13H,5,8H2,1-3H3. The molecule has 0 bridgehead atoms. The van der Waals surface area contributed by atoms with Gasteiger partial charge in [0.05, 0.1) is 18.1 Å². The predicted octanol–water partition coefficient (Wildman–Crippen LogP) is 1.75. The molecular formula is C12H18N4O2. The first-order valence-corrected chi connectivity index (χ1v) is 5.95. The van der Waals surface area contributed by atoms with Crippen molar-refractivity contribution in [2.24, 2.45) is 0 Å². The van der Waals surface area contributed by atoms with E-state index in [0.717, 1.165) is 11.4 Å². The molecule has 2 heterocycles. The summed E-state index contributed by atoms with van der Waals surface area (Å²) in [4.78, 5) is 0. The highest BCUT2D eigenvalue weighted by Crippen LogP contribution is 2.14. The van der Waals surface area contributed by atoms with Crippen LogP contribution in [0.25, 0.3) is 0 Å². The summed E-state index contributed by atoms with van der Waals surface area (Å²) in [5, 5.41) is 11.1. The Labute approximate surface area is 106 Å². The molecule has 6 nitrogen and oxygen atoms in total. The lowest BCUT2D eigenvalue weighted by atomic mass is 10.4. The smallest absolute Gasteiger partial charge is 0.174 e. The fourth-order valence-electron chi connectivity index (χ4n) is 1.52. The highest BCUT2D eigenvalue weighted by Gasteiger charge is 2.06. The van der Waals surface area contributed by atoms with Gasteiger partial charge in [-0.2, -0.15) is 5.10 Å². The predicted molar refractivity (Wildman–Crippen MR) is 66.2 cm³/mol. The van der Waals surface area contributed by atoms with E-state index in [1.807, 2.05) is 24.0 Å². The number of rotatable bonds is 6. The molecule has 0 aliphatic carbocycles. The summed E-state index contributed by atoms with van der Waals surface area (Å²) >= 11 is 0. The molecule has 0 aliphatic heterocycles. The van der Waals surface area contributed by atoms with Crippen molar-refractivity contribution >= 4 is 0 Å². The van der Waals surface area contributed by atoms with E-state index in [0.29, 0.717) is 25.0 Å². The zero-order valence-electron chi connectivity index (χ0n) is 10.9. The first-order valence-electron chi connectivity index (χ1n) is 5.95. The Bertz CT molecular complexity index is 490. The molecule has 2 aromatic rings. The van der Waals surface area contributed by atoms with Gasteiger partial charge in [-0.1, -0.05) is 5.16 Å². The molecule has 0 unspecified atom stereocenters. The van der Waals surface area contributed by atoms with Crippen molar-refractivity contribution < 1.29 is 9.26 Å². The molecule has 0 fully saturated rings. The van der Waals surface area contributed by atoms with Gasteiger partial charge < -0.3 is 14.6 Å². The number of hydrogen-bond donors (Lipinski definition) is 1. The van der Waals surface area contributed by atoms with Gasteiger partial charge in [-0.15, -0.1) is 0 Å². The highest BCUT2D eigenvalue weighted by molar-refractivity contribution is 5.13. The first kappa shape index (κ1) is 12.6. The third-order valence-electron chi connectivity index (χ3n) is 2.45. The molecule has 2 rings (SSSR count). The largest absolute Gasteiger partial charge is 0.482 e. The Morgan fingerprint density at radius 3 is 3.00 bits per heavy atom. The van der Waals surface area contributed by atoms with Crippen molar-refractivity contribution in [2.75, 3.05) is 7.05 Å². The zero-order valence-corrected chi connectivity index (χ0v) is 10.9. The molecular weight excluding hydrogens is 232 g/mol. The number of ether oxygens (including phenoxy) is 1. The number of hydrogen-bond acceptors (Lipinski definition) is 5. The van der Waals surface area contributed by atoms with E-state index in [-0.39, 0.29) is 0 Å². The Morgan fingerprint density at radius 2 is 2.33 bits per heavy atom. The lowest BCUT2D eigenvalue weighted by molar-refractivity contribution is 0.248. The Balaban J connectivity index is 1.89. The number of nitrogens with one attached hydrogen (secondary N) is 1. The summed E-state index contributed by atoms with van der Waals surface area (Å²) in [6.07, 6.45) is 3.57. The molecule has 0 spiro atoms. The summed E-state index contributed by atoms with van der Waals surface area (Å²) in [5.74, 6) is 1.44. The van der Waals surface area contributed by atoms with Gasteiger partial charge in [-0.25, -0.2) is 0 Å². The van der Waals surface area contributed by atoms with Crippen LogP contribution in [0.3, 0.4) is 0 Å². The van der Waals surface area contributed by atoms with Gasteiger partial charge in [0.25, 0.3) is 0 Å². The minimum Gasteiger partial charge on any atom is -0.482 e. The lowest BCUT2D eigenvalue weighted by Gasteiger charge is -2.03. The van der Waals surface area contributed by atoms with Crippen LogP contribution in [0.2, 0.25) is 0 Å². The van der Waals surface area contributed by atoms with E-state index >= 15 is 0 Å². The quantitative estimate of drug-likeness (QED) is 0.846. The number of nitrogens with zero attached hydrogens (tertiary/aromatic N) is 3. The molecule has 0 aliphatic rings. The third-order valence-corrected chi connectivity index (χ3v) is 2.45. The molecule has 6 heteroatoms. The molecule has 2 aromatic heterocycles. The molecule has 0 saturated heterocycles. The van der Waals surface area contributed by atoms with E-state index in [1.165, 1.54) is 0 Å². The monoisotopic (exact) mass is 250 g/mol. The first-order chi connectivity index (χ1) is 8.69. The molecule has 0 saturated carbocycles. The third kappa shape index (κ3) is 3.10. The maximum absolute atomic E-state index is 5.58. The van der Waals surface area contributed by atoms with E-state index in [9.17, 15) is 0 Å². The summed E-state index contributed by atoms with van der Waals surface area (Å²) in [6, 6.07) is 2.21. The van der Waals surface area contributed by atoms with Gasteiger partial charge in [0.1, 0.15) is 6.61 Å². The molecule has 0 atom stereocenters. The second-order valence-corrected chi connectivity index (χ2v) is 4.35. The summed E-state index contributed by atoms with van der Waals surface area (Å²) in [6.45, 7) is 5.18. The molecule has 98 valence electrons. The second kappa shape index (κ2) is 5.68. The fourth-order valence-corrected chi connectivity index (χ4v) is 1.52. The number of aromatic nitrogens is 3. The van der Waals surface area contributed by atoms with Crippen LogP contribution >= 0.6 is 0 Å². The van der Waals surface area contributed by atoms with Gasteiger partial charge in [0, 0.05) is 18.7 Å². The average Bonchev–Trinajstić information content (AvgIpc) is 2.95. The van der Waals surface area contributed by atoms with Crippen molar-refractivity contribution in [2.45, 2.75) is 33.0 Å². The fraction of sp³-hybridized carbons (Fsp3) is 0.500. The van der Waals surface area contributed by atoms with E-state index in [1.54, 1.807) is 6.20 Å². The lowest BCUT2D eigenvalue weighted by Crippen LogP contribution is -2.04. The summed E-state index contributed by atoms with van der Waals surface area (Å²) in [7, 11) is 1.87. The maximum atomic E-state index is 5.58. The van der Waals surface area contributed by atoms with Crippen LogP contribution in [0.4, 0.5) is 0 Å². The van der Waals surface area contributed by atoms with Crippen LogP contribution in [0.15, 0.2) is 23.0 Å². The van der Waals surface area contributed by atoms with Gasteiger partial charge in [0.15, 0.2) is 11.5 Å². The molecule has 0 aromatic carbocycles. The summed E-state index contributed by atoms with van der Waals surface area (Å²) < 4.78 is 12.6.